The normalized spacial score (nSPS) is 16.5. The summed E-state index contributed by atoms with van der Waals surface area (Å²) in [7, 11) is 1.49. The van der Waals surface area contributed by atoms with Crippen LogP contribution in [0.15, 0.2) is 41.5 Å². The van der Waals surface area contributed by atoms with Gasteiger partial charge in [-0.05, 0) is 36.0 Å². The molecule has 1 heterocycles. The van der Waals surface area contributed by atoms with E-state index in [9.17, 15) is 9.59 Å². The zero-order chi connectivity index (χ0) is 20.5. The smallest absolute Gasteiger partial charge is 0.327 e. The zero-order valence-corrected chi connectivity index (χ0v) is 16.9. The Labute approximate surface area is 174 Å². The molecule has 0 aromatic heterocycles. The van der Waals surface area contributed by atoms with Crippen molar-refractivity contribution in [1.82, 2.24) is 9.80 Å². The van der Waals surface area contributed by atoms with Crippen LogP contribution in [0, 0.1) is 11.4 Å². The van der Waals surface area contributed by atoms with Gasteiger partial charge in [-0.3, -0.25) is 9.69 Å². The molecule has 0 atom stereocenters. The number of imide groups is 1. The van der Waals surface area contributed by atoms with Crippen molar-refractivity contribution in [2.24, 2.45) is 11.0 Å². The number of anilines is 1. The summed E-state index contributed by atoms with van der Waals surface area (Å²) in [5, 5.41) is 7.42. The maximum Gasteiger partial charge on any atom is 0.327 e. The summed E-state index contributed by atoms with van der Waals surface area (Å²) in [4.78, 5) is 26.3. The molecule has 0 radical (unpaired) electrons. The molecular formula is C21H22ClN5O2. The van der Waals surface area contributed by atoms with E-state index in [4.69, 9.17) is 17.1 Å². The van der Waals surface area contributed by atoms with Crippen molar-refractivity contribution < 1.29 is 9.59 Å². The molecule has 2 aromatic carbocycles. The molecule has 7 nitrogen and oxygen atoms in total. The van der Waals surface area contributed by atoms with Crippen LogP contribution in [0.5, 0.6) is 0 Å². The van der Waals surface area contributed by atoms with Crippen molar-refractivity contribution in [3.63, 3.8) is 0 Å². The Kier molecular flexibility index (Phi) is 5.24. The lowest BCUT2D eigenvalue weighted by molar-refractivity contribution is -0.124. The number of urea groups is 1. The lowest BCUT2D eigenvalue weighted by atomic mass is 10.0. The van der Waals surface area contributed by atoms with Gasteiger partial charge in [0.2, 0.25) is 5.91 Å². The number of hydrogen-bond acceptors (Lipinski definition) is 5. The molecule has 8 heteroatoms. The highest BCUT2D eigenvalue weighted by molar-refractivity contribution is 6.36. The molecule has 1 aliphatic heterocycles. The van der Waals surface area contributed by atoms with E-state index in [0.717, 1.165) is 33.8 Å². The van der Waals surface area contributed by atoms with E-state index in [1.165, 1.54) is 24.8 Å². The van der Waals surface area contributed by atoms with Crippen LogP contribution in [0.3, 0.4) is 0 Å². The number of likely N-dealkylation sites (N-methyl/N-ethyl adjacent to an activating group) is 1. The molecule has 0 unspecified atom stereocenters. The van der Waals surface area contributed by atoms with Gasteiger partial charge in [0.05, 0.1) is 10.7 Å². The Balaban J connectivity index is 1.51. The third kappa shape index (κ3) is 3.96. The minimum atomic E-state index is -0.280. The van der Waals surface area contributed by atoms with Gasteiger partial charge in [-0.2, -0.15) is 5.11 Å². The quantitative estimate of drug-likeness (QED) is 0.502. The molecule has 1 aliphatic carbocycles. The van der Waals surface area contributed by atoms with Crippen LogP contribution in [0.25, 0.3) is 11.1 Å². The summed E-state index contributed by atoms with van der Waals surface area (Å²) in [6.45, 7) is 1.35. The predicted octanol–water partition coefficient (Wildman–Crippen LogP) is 4.89. The van der Waals surface area contributed by atoms with Crippen molar-refractivity contribution in [3.05, 3.63) is 47.0 Å². The maximum absolute atomic E-state index is 12.0. The second-order valence-electron chi connectivity index (χ2n) is 7.55. The second-order valence-corrected chi connectivity index (χ2v) is 7.93. The van der Waals surface area contributed by atoms with Crippen molar-refractivity contribution in [2.45, 2.75) is 19.4 Å². The lowest BCUT2D eigenvalue weighted by Crippen LogP contribution is -2.29. The Morgan fingerprint density at radius 1 is 1.17 bits per heavy atom. The van der Waals surface area contributed by atoms with Gasteiger partial charge in [0.1, 0.15) is 12.2 Å². The lowest BCUT2D eigenvalue weighted by Gasteiger charge is -2.16. The zero-order valence-electron chi connectivity index (χ0n) is 16.1. The second kappa shape index (κ2) is 7.83. The van der Waals surface area contributed by atoms with Crippen LogP contribution < -0.4 is 5.32 Å². The first-order valence-corrected chi connectivity index (χ1v) is 9.94. The molecule has 2 aliphatic rings. The first-order chi connectivity index (χ1) is 14.0. The molecule has 29 heavy (non-hydrogen) atoms. The summed E-state index contributed by atoms with van der Waals surface area (Å²) in [5.74, 6) is 0.512. The van der Waals surface area contributed by atoms with Crippen LogP contribution in [-0.4, -0.2) is 41.9 Å². The van der Waals surface area contributed by atoms with Crippen LogP contribution >= 0.6 is 11.6 Å². The van der Waals surface area contributed by atoms with Gasteiger partial charge in [-0.15, -0.1) is 0 Å². The van der Waals surface area contributed by atoms with Crippen molar-refractivity contribution in [2.75, 3.05) is 25.5 Å². The Morgan fingerprint density at radius 2 is 1.90 bits per heavy atom. The molecule has 4 rings (SSSR count). The summed E-state index contributed by atoms with van der Waals surface area (Å²) in [6.07, 6.45) is 2.48. The van der Waals surface area contributed by atoms with E-state index in [0.29, 0.717) is 23.2 Å². The van der Waals surface area contributed by atoms with Crippen LogP contribution in [0.1, 0.15) is 18.4 Å². The van der Waals surface area contributed by atoms with E-state index in [1.54, 1.807) is 0 Å². The molecule has 0 spiro atoms. The summed E-state index contributed by atoms with van der Waals surface area (Å²) in [5.41, 5.74) is 11.4. The van der Waals surface area contributed by atoms with Crippen LogP contribution in [0.2, 0.25) is 5.02 Å². The molecule has 2 aromatic rings. The van der Waals surface area contributed by atoms with Gasteiger partial charge in [-0.1, -0.05) is 41.9 Å². The summed E-state index contributed by atoms with van der Waals surface area (Å²) in [6, 6.07) is 11.2. The number of nitrogens with zero attached hydrogens (tertiary/aromatic N) is 3. The molecule has 2 fully saturated rings. The highest BCUT2D eigenvalue weighted by Gasteiger charge is 2.32. The fourth-order valence-electron chi connectivity index (χ4n) is 3.41. The van der Waals surface area contributed by atoms with E-state index in [-0.39, 0.29) is 18.5 Å². The number of carbonyl (C=O) groups is 2. The van der Waals surface area contributed by atoms with Gasteiger partial charge in [0, 0.05) is 25.7 Å². The third-order valence-electron chi connectivity index (χ3n) is 5.40. The Hall–Kier alpha value is -2.93. The molecule has 1 saturated carbocycles. The van der Waals surface area contributed by atoms with Gasteiger partial charge in [0.25, 0.3) is 0 Å². The summed E-state index contributed by atoms with van der Waals surface area (Å²) >= 11 is 6.56. The minimum Gasteiger partial charge on any atom is -0.383 e. The number of benzene rings is 2. The van der Waals surface area contributed by atoms with E-state index in [1.807, 2.05) is 36.4 Å². The molecule has 2 N–H and O–H groups in total. The van der Waals surface area contributed by atoms with Gasteiger partial charge in [-0.25, -0.2) is 10.3 Å². The van der Waals surface area contributed by atoms with E-state index in [2.05, 4.69) is 10.4 Å². The van der Waals surface area contributed by atoms with Crippen LogP contribution in [0.4, 0.5) is 16.2 Å². The molecule has 1 saturated heterocycles. The first-order valence-electron chi connectivity index (χ1n) is 9.56. The minimum absolute atomic E-state index is 0.104. The average Bonchev–Trinajstić information content (AvgIpc) is 3.52. The maximum atomic E-state index is 12.0. The third-order valence-corrected chi connectivity index (χ3v) is 5.78. The Bertz CT molecular complexity index is 972. The molecule has 150 valence electrons. The molecular weight excluding hydrogens is 390 g/mol. The van der Waals surface area contributed by atoms with Crippen molar-refractivity contribution in [1.29, 1.82) is 5.53 Å². The highest BCUT2D eigenvalue weighted by atomic mass is 35.5. The number of rotatable bonds is 7. The fourth-order valence-corrected chi connectivity index (χ4v) is 3.72. The molecule has 3 amide bonds. The monoisotopic (exact) mass is 411 g/mol. The first kappa shape index (κ1) is 19.4. The van der Waals surface area contributed by atoms with Crippen LogP contribution in [-0.2, 0) is 11.3 Å². The largest absolute Gasteiger partial charge is 0.383 e. The fraction of sp³-hybridized carbons (Fsp3) is 0.333. The van der Waals surface area contributed by atoms with E-state index < -0.39 is 0 Å². The highest BCUT2D eigenvalue weighted by Crippen LogP contribution is 2.41. The number of amides is 3. The van der Waals surface area contributed by atoms with Gasteiger partial charge >= 0.3 is 6.03 Å². The standard InChI is InChI=1S/C21H22ClN5O2/c1-26-18(28)12-27(21(26)29)11-14-4-6-15(7-5-14)16-8-9-17(20(25-23)19(16)22)24-10-13-2-3-13/h4-9,13,23-24H,2-3,10-12H2,1H3. The number of hydrogen-bond donors (Lipinski definition) is 2. The Morgan fingerprint density at radius 3 is 2.48 bits per heavy atom. The van der Waals surface area contributed by atoms with Gasteiger partial charge in [0.15, 0.2) is 0 Å². The topological polar surface area (TPSA) is 88.9 Å². The van der Waals surface area contributed by atoms with Gasteiger partial charge < -0.3 is 10.2 Å². The number of carbonyl (C=O) groups excluding carboxylic acids is 2. The van der Waals surface area contributed by atoms with Crippen molar-refractivity contribution >= 4 is 34.9 Å². The number of nitrogens with one attached hydrogen (secondary N) is 2. The summed E-state index contributed by atoms with van der Waals surface area (Å²) < 4.78 is 0. The van der Waals surface area contributed by atoms with Crippen molar-refractivity contribution in [3.8, 4) is 11.1 Å². The SMILES string of the molecule is CN1C(=O)CN(Cc2ccc(-c3ccc(NCC4CC4)c(N=N)c3Cl)cc2)C1=O. The average molecular weight is 412 g/mol. The van der Waals surface area contributed by atoms with E-state index >= 15 is 0 Å². The molecule has 0 bridgehead atoms. The number of halogens is 1. The predicted molar refractivity (Wildman–Crippen MR) is 111 cm³/mol.